The van der Waals surface area contributed by atoms with Gasteiger partial charge in [-0.25, -0.2) is 4.68 Å². The highest BCUT2D eigenvalue weighted by Gasteiger charge is 2.50. The molecule has 6 aromatic rings. The van der Waals surface area contributed by atoms with Gasteiger partial charge in [-0.1, -0.05) is 115 Å². The molecule has 0 saturated heterocycles. The molecule has 258 valence electrons. The van der Waals surface area contributed by atoms with E-state index in [4.69, 9.17) is 0 Å². The van der Waals surface area contributed by atoms with Gasteiger partial charge in [0.05, 0.1) is 11.3 Å². The third-order valence-electron chi connectivity index (χ3n) is 10.7. The number of allylic oxidation sites excluding steroid dienone is 1. The summed E-state index contributed by atoms with van der Waals surface area (Å²) in [6.45, 7) is 0. The lowest BCUT2D eigenvalue weighted by atomic mass is 9.63. The molecule has 1 saturated carbocycles. The fraction of sp³-hybridized carbons (Fsp3) is 0.214. The molecule has 5 aromatic carbocycles. The summed E-state index contributed by atoms with van der Waals surface area (Å²) in [5, 5.41) is 32.6. The molecule has 2 unspecified atom stereocenters. The van der Waals surface area contributed by atoms with Crippen LogP contribution in [0.2, 0.25) is 0 Å². The Bertz CT molecular complexity index is 2250. The summed E-state index contributed by atoms with van der Waals surface area (Å²) in [4.78, 5) is 15.6. The van der Waals surface area contributed by atoms with Crippen molar-refractivity contribution >= 4 is 16.5 Å². The number of anilines is 1. The summed E-state index contributed by atoms with van der Waals surface area (Å²) in [6.07, 6.45) is -5.72. The van der Waals surface area contributed by atoms with Crippen molar-refractivity contribution in [1.82, 2.24) is 9.78 Å². The van der Waals surface area contributed by atoms with Crippen molar-refractivity contribution < 1.29 is 23.4 Å². The van der Waals surface area contributed by atoms with Crippen molar-refractivity contribution in [2.45, 2.75) is 42.6 Å². The number of alkyl halides is 3. The minimum absolute atomic E-state index is 0.173. The number of para-hydroxylation sites is 1. The molecule has 0 radical (unpaired) electrons. The molecule has 1 fully saturated rings. The standard InChI is InChI=1S/C42H34F3N3O3/c1-47-32-22-21-28-17-11-12-20-30(28)36(32)41(24-26-13-5-2-6-14-26,25-27-15-7-3-8-16-27)33(47)23-31-37(49)34(38(31)50)35-39(42(43,44)45)46-48(40(35)51)29-18-9-4-10-19-29/h2-23,31,34,37-38,46H,24-25H2,1H3/q-2. The molecule has 1 aliphatic carbocycles. The maximum Gasteiger partial charge on any atom is 0.433 e. The maximum absolute atomic E-state index is 14.4. The van der Waals surface area contributed by atoms with Crippen LogP contribution in [0.5, 0.6) is 0 Å². The van der Waals surface area contributed by atoms with Crippen LogP contribution >= 0.6 is 0 Å². The first-order valence-electron chi connectivity index (χ1n) is 16.9. The zero-order valence-electron chi connectivity index (χ0n) is 27.7. The van der Waals surface area contributed by atoms with E-state index in [0.717, 1.165) is 43.5 Å². The second-order valence-corrected chi connectivity index (χ2v) is 13.6. The molecule has 2 aliphatic rings. The van der Waals surface area contributed by atoms with E-state index in [1.54, 1.807) is 24.3 Å². The van der Waals surface area contributed by atoms with Gasteiger partial charge in [-0.05, 0) is 70.3 Å². The summed E-state index contributed by atoms with van der Waals surface area (Å²) >= 11 is 0. The van der Waals surface area contributed by atoms with Gasteiger partial charge in [0.15, 0.2) is 0 Å². The van der Waals surface area contributed by atoms with Gasteiger partial charge in [-0.15, -0.1) is 12.2 Å². The number of aromatic amines is 1. The van der Waals surface area contributed by atoms with Gasteiger partial charge in [-0.2, -0.15) is 13.2 Å². The van der Waals surface area contributed by atoms with E-state index < -0.39 is 52.5 Å². The molecule has 51 heavy (non-hydrogen) atoms. The molecule has 1 aromatic heterocycles. The van der Waals surface area contributed by atoms with Crippen LogP contribution in [0.1, 0.15) is 33.9 Å². The molecular formula is C42H34F3N3O3-2. The zero-order valence-corrected chi connectivity index (χ0v) is 27.7. The number of likely N-dealkylation sites (N-methyl/N-ethyl adjacent to an activating group) is 1. The molecule has 6 nitrogen and oxygen atoms in total. The number of halogens is 3. The lowest BCUT2D eigenvalue weighted by Crippen LogP contribution is -2.66. The monoisotopic (exact) mass is 685 g/mol. The number of fused-ring (bicyclic) bond motifs is 3. The lowest BCUT2D eigenvalue weighted by molar-refractivity contribution is -0.543. The highest BCUT2D eigenvalue weighted by molar-refractivity contribution is 5.95. The zero-order chi connectivity index (χ0) is 35.5. The number of hydrogen-bond acceptors (Lipinski definition) is 4. The van der Waals surface area contributed by atoms with E-state index in [0.29, 0.717) is 12.8 Å². The van der Waals surface area contributed by atoms with Crippen LogP contribution in [0, 0.1) is 5.92 Å². The van der Waals surface area contributed by atoms with E-state index in [1.807, 2.05) is 60.5 Å². The fourth-order valence-electron chi connectivity index (χ4n) is 8.34. The van der Waals surface area contributed by atoms with Gasteiger partial charge >= 0.3 is 6.18 Å². The number of H-pyrrole nitrogens is 1. The van der Waals surface area contributed by atoms with Gasteiger partial charge in [0, 0.05) is 23.8 Å². The summed E-state index contributed by atoms with van der Waals surface area (Å²) in [5.74, 6) is -2.84. The molecule has 1 N–H and O–H groups in total. The number of benzene rings is 5. The molecule has 2 atom stereocenters. The summed E-state index contributed by atoms with van der Waals surface area (Å²) in [7, 11) is 1.92. The highest BCUT2D eigenvalue weighted by atomic mass is 19.4. The van der Waals surface area contributed by atoms with Gasteiger partial charge in [0.25, 0.3) is 5.56 Å². The minimum Gasteiger partial charge on any atom is -0.851 e. The van der Waals surface area contributed by atoms with Gasteiger partial charge in [0.1, 0.15) is 5.69 Å². The predicted molar refractivity (Wildman–Crippen MR) is 188 cm³/mol. The number of rotatable bonds is 7. The average molecular weight is 686 g/mol. The Kier molecular flexibility index (Phi) is 8.00. The molecule has 1 aliphatic heterocycles. The Labute approximate surface area is 292 Å². The number of nitrogens with zero attached hydrogens (tertiary/aromatic N) is 2. The quantitative estimate of drug-likeness (QED) is 0.215. The first-order chi connectivity index (χ1) is 24.6. The summed E-state index contributed by atoms with van der Waals surface area (Å²) in [5.41, 5.74) is 1.10. The fourth-order valence-corrected chi connectivity index (χ4v) is 8.34. The van der Waals surface area contributed by atoms with Crippen LogP contribution in [-0.4, -0.2) is 29.0 Å². The Balaban J connectivity index is 1.28. The smallest absolute Gasteiger partial charge is 0.433 e. The van der Waals surface area contributed by atoms with Crippen LogP contribution < -0.4 is 20.7 Å². The molecule has 9 heteroatoms. The molecule has 0 spiro atoms. The minimum atomic E-state index is -4.98. The van der Waals surface area contributed by atoms with E-state index >= 15 is 0 Å². The van der Waals surface area contributed by atoms with E-state index in [-0.39, 0.29) is 5.69 Å². The second kappa shape index (κ2) is 12.4. The Morgan fingerprint density at radius 2 is 1.31 bits per heavy atom. The number of hydrogen-bond donors (Lipinski definition) is 1. The molecular weight excluding hydrogens is 651 g/mol. The number of nitrogens with one attached hydrogen (secondary N) is 1. The van der Waals surface area contributed by atoms with E-state index in [9.17, 15) is 28.2 Å². The van der Waals surface area contributed by atoms with Crippen LogP contribution in [-0.2, 0) is 24.4 Å². The average Bonchev–Trinajstić information content (AvgIpc) is 3.59. The van der Waals surface area contributed by atoms with Crippen molar-refractivity contribution in [1.29, 1.82) is 0 Å². The largest absolute Gasteiger partial charge is 0.851 e. The van der Waals surface area contributed by atoms with Crippen molar-refractivity contribution in [2.24, 2.45) is 5.92 Å². The Morgan fingerprint density at radius 3 is 1.90 bits per heavy atom. The van der Waals surface area contributed by atoms with Crippen molar-refractivity contribution in [3.8, 4) is 5.69 Å². The third kappa shape index (κ3) is 5.39. The predicted octanol–water partition coefficient (Wildman–Crippen LogP) is 6.27. The van der Waals surface area contributed by atoms with Crippen LogP contribution in [0.25, 0.3) is 16.5 Å². The van der Waals surface area contributed by atoms with Crippen LogP contribution in [0.15, 0.2) is 144 Å². The Hall–Kier alpha value is -5.38. The molecule has 8 rings (SSSR count). The lowest BCUT2D eigenvalue weighted by Gasteiger charge is -2.60. The summed E-state index contributed by atoms with van der Waals surface area (Å²) in [6, 6.07) is 40.1. The molecule has 0 bridgehead atoms. The first kappa shape index (κ1) is 32.8. The topological polar surface area (TPSA) is 87.2 Å². The molecule has 2 heterocycles. The van der Waals surface area contributed by atoms with E-state index in [1.165, 1.54) is 12.1 Å². The number of aromatic nitrogens is 2. The van der Waals surface area contributed by atoms with Crippen molar-refractivity contribution in [2.75, 3.05) is 11.9 Å². The van der Waals surface area contributed by atoms with Gasteiger partial charge in [0.2, 0.25) is 0 Å². The first-order valence-corrected chi connectivity index (χ1v) is 16.9. The SMILES string of the molecule is CN1C(=CC2C([O-])C(c3c(C(F)(F)F)[nH]n(-c4ccccc4)c3=O)C2[O-])C(Cc2ccccc2)(Cc2ccccc2)c2c1ccc1ccccc21. The van der Waals surface area contributed by atoms with Gasteiger partial charge < -0.3 is 15.1 Å². The second-order valence-electron chi connectivity index (χ2n) is 13.6. The van der Waals surface area contributed by atoms with E-state index in [2.05, 4.69) is 53.6 Å². The normalized spacial score (nSPS) is 21.9. The van der Waals surface area contributed by atoms with Crippen LogP contribution in [0.4, 0.5) is 18.9 Å². The Morgan fingerprint density at radius 1 is 0.765 bits per heavy atom. The summed E-state index contributed by atoms with van der Waals surface area (Å²) < 4.78 is 44.0. The maximum atomic E-state index is 14.4. The van der Waals surface area contributed by atoms with Gasteiger partial charge in [-0.3, -0.25) is 9.89 Å². The molecule has 0 amide bonds. The van der Waals surface area contributed by atoms with Crippen molar-refractivity contribution in [3.63, 3.8) is 0 Å². The highest BCUT2D eigenvalue weighted by Crippen LogP contribution is 2.55. The van der Waals surface area contributed by atoms with Crippen LogP contribution in [0.3, 0.4) is 0 Å². The van der Waals surface area contributed by atoms with Crippen molar-refractivity contribution in [3.05, 3.63) is 177 Å². The third-order valence-corrected chi connectivity index (χ3v) is 10.7.